The average molecular weight is 275 g/mol. The second-order valence-corrected chi connectivity index (χ2v) is 5.56. The number of halogens is 1. The number of aryl methyl sites for hydroxylation is 2. The summed E-state index contributed by atoms with van der Waals surface area (Å²) in [5.74, 6) is -0.140. The number of benzene rings is 1. The minimum atomic E-state index is -0.140. The van der Waals surface area contributed by atoms with E-state index in [2.05, 4.69) is 18.8 Å². The van der Waals surface area contributed by atoms with Gasteiger partial charge in [0.15, 0.2) is 0 Å². The molecule has 0 spiro atoms. The normalized spacial score (nSPS) is 12.1. The highest BCUT2D eigenvalue weighted by Gasteiger charge is 2.03. The Balaban J connectivity index is 2.65. The molecule has 0 unspecified atom stereocenters. The van der Waals surface area contributed by atoms with Crippen molar-refractivity contribution >= 4 is 5.71 Å². The van der Waals surface area contributed by atoms with Crippen LogP contribution in [0.5, 0.6) is 0 Å². The van der Waals surface area contributed by atoms with Crippen molar-refractivity contribution in [3.63, 3.8) is 0 Å². The third-order valence-electron chi connectivity index (χ3n) is 3.50. The maximum Gasteiger partial charge on any atom is 0.123 e. The Kier molecular flexibility index (Phi) is 6.63. The quantitative estimate of drug-likeness (QED) is 0.597. The molecule has 0 heterocycles. The lowest BCUT2D eigenvalue weighted by molar-refractivity contribution is 0.623. The van der Waals surface area contributed by atoms with Crippen LogP contribution < -0.4 is 0 Å². The molecule has 110 valence electrons. The van der Waals surface area contributed by atoms with Gasteiger partial charge in [0.25, 0.3) is 0 Å². The van der Waals surface area contributed by atoms with E-state index >= 15 is 0 Å². The predicted molar refractivity (Wildman–Crippen MR) is 85.8 cm³/mol. The van der Waals surface area contributed by atoms with Crippen LogP contribution in [-0.4, -0.2) is 5.71 Å². The lowest BCUT2D eigenvalue weighted by atomic mass is 10.00. The molecule has 0 aromatic heterocycles. The van der Waals surface area contributed by atoms with Crippen molar-refractivity contribution in [2.75, 3.05) is 0 Å². The number of hydrogen-bond donors (Lipinski definition) is 0. The maximum absolute atomic E-state index is 13.2. The fourth-order valence-corrected chi connectivity index (χ4v) is 2.34. The van der Waals surface area contributed by atoms with Gasteiger partial charge in [-0.3, -0.25) is 4.99 Å². The summed E-state index contributed by atoms with van der Waals surface area (Å²) in [5.41, 5.74) is 5.93. The molecule has 0 fully saturated rings. The van der Waals surface area contributed by atoms with Crippen LogP contribution in [0, 0.1) is 12.7 Å². The standard InChI is InChI=1S/C18H26FN/c1-6-18(20-13(2)3)15(5)8-7-9-16-12-17(19)11-10-14(16)4/h10-12H,6-9H2,1-5H3/b18-15-. The van der Waals surface area contributed by atoms with Crippen molar-refractivity contribution in [2.45, 2.75) is 60.3 Å². The molecule has 0 amide bonds. The first-order valence-electron chi connectivity index (χ1n) is 7.39. The number of aliphatic imine (C=N–C) groups is 1. The monoisotopic (exact) mass is 275 g/mol. The lowest BCUT2D eigenvalue weighted by Gasteiger charge is -2.09. The molecular formula is C18H26FN. The van der Waals surface area contributed by atoms with Crippen LogP contribution in [0.2, 0.25) is 0 Å². The molecule has 0 saturated heterocycles. The van der Waals surface area contributed by atoms with E-state index in [1.165, 1.54) is 22.9 Å². The van der Waals surface area contributed by atoms with E-state index < -0.39 is 0 Å². The Labute approximate surface area is 122 Å². The van der Waals surface area contributed by atoms with E-state index in [0.717, 1.165) is 37.0 Å². The fourth-order valence-electron chi connectivity index (χ4n) is 2.34. The first kappa shape index (κ1) is 16.6. The van der Waals surface area contributed by atoms with E-state index in [9.17, 15) is 4.39 Å². The molecule has 1 aromatic carbocycles. The smallest absolute Gasteiger partial charge is 0.123 e. The van der Waals surface area contributed by atoms with Crippen molar-refractivity contribution in [3.05, 3.63) is 46.4 Å². The van der Waals surface area contributed by atoms with Gasteiger partial charge in [-0.25, -0.2) is 4.39 Å². The van der Waals surface area contributed by atoms with Gasteiger partial charge in [-0.15, -0.1) is 0 Å². The molecule has 0 bridgehead atoms. The number of rotatable bonds is 6. The topological polar surface area (TPSA) is 12.4 Å². The molecule has 0 N–H and O–H groups in total. The Morgan fingerprint density at radius 1 is 1.20 bits per heavy atom. The van der Waals surface area contributed by atoms with E-state index in [0.29, 0.717) is 0 Å². The molecule has 20 heavy (non-hydrogen) atoms. The number of nitrogens with zero attached hydrogens (tertiary/aromatic N) is 1. The van der Waals surface area contributed by atoms with Gasteiger partial charge in [-0.2, -0.15) is 0 Å². The van der Waals surface area contributed by atoms with Crippen LogP contribution in [0.4, 0.5) is 4.39 Å². The third-order valence-corrected chi connectivity index (χ3v) is 3.50. The van der Waals surface area contributed by atoms with Crippen LogP contribution in [0.25, 0.3) is 0 Å². The summed E-state index contributed by atoms with van der Waals surface area (Å²) in [6.07, 6.45) is 3.95. The van der Waals surface area contributed by atoms with Crippen LogP contribution >= 0.6 is 0 Å². The second kappa shape index (κ2) is 7.98. The van der Waals surface area contributed by atoms with Gasteiger partial charge < -0.3 is 0 Å². The largest absolute Gasteiger partial charge is 0.263 e. The third kappa shape index (κ3) is 5.28. The van der Waals surface area contributed by atoms with Crippen LogP contribution in [0.3, 0.4) is 0 Å². The summed E-state index contributed by atoms with van der Waals surface area (Å²) in [6, 6.07) is 5.04. The summed E-state index contributed by atoms with van der Waals surface area (Å²) < 4.78 is 13.2. The molecule has 1 nitrogen and oxygen atoms in total. The first-order valence-corrected chi connectivity index (χ1v) is 7.39. The predicted octanol–water partition coefficient (Wildman–Crippen LogP) is 5.62. The summed E-state index contributed by atoms with van der Waals surface area (Å²) in [5, 5.41) is 0. The molecule has 1 aromatic rings. The van der Waals surface area contributed by atoms with E-state index in [4.69, 9.17) is 0 Å². The first-order chi connectivity index (χ1) is 9.43. The fraction of sp³-hybridized carbons (Fsp3) is 0.500. The zero-order chi connectivity index (χ0) is 15.1. The van der Waals surface area contributed by atoms with Crippen molar-refractivity contribution in [1.29, 1.82) is 0 Å². The van der Waals surface area contributed by atoms with Gasteiger partial charge in [-0.1, -0.05) is 18.6 Å². The van der Waals surface area contributed by atoms with Crippen molar-refractivity contribution in [3.8, 4) is 0 Å². The average Bonchev–Trinajstić information content (AvgIpc) is 2.39. The Bertz CT molecular complexity index is 508. The van der Waals surface area contributed by atoms with E-state index in [1.54, 1.807) is 6.07 Å². The Morgan fingerprint density at radius 3 is 2.50 bits per heavy atom. The molecule has 0 aliphatic rings. The second-order valence-electron chi connectivity index (χ2n) is 5.56. The molecule has 0 aliphatic heterocycles. The minimum Gasteiger partial charge on any atom is -0.263 e. The highest BCUT2D eigenvalue weighted by atomic mass is 19.1. The summed E-state index contributed by atoms with van der Waals surface area (Å²) in [6.45, 7) is 10.4. The lowest BCUT2D eigenvalue weighted by Crippen LogP contribution is -1.94. The molecule has 2 heteroatoms. The summed E-state index contributed by atoms with van der Waals surface area (Å²) in [4.78, 5) is 4.59. The van der Waals surface area contributed by atoms with Gasteiger partial charge in [0.1, 0.15) is 5.82 Å². The minimum absolute atomic E-state index is 0.140. The van der Waals surface area contributed by atoms with Crippen molar-refractivity contribution < 1.29 is 4.39 Å². The highest BCUT2D eigenvalue weighted by Crippen LogP contribution is 2.19. The molecule has 0 radical (unpaired) electrons. The van der Waals surface area contributed by atoms with Gasteiger partial charge >= 0.3 is 0 Å². The van der Waals surface area contributed by atoms with Gasteiger partial charge in [0.2, 0.25) is 0 Å². The molecule has 0 aliphatic carbocycles. The highest BCUT2D eigenvalue weighted by molar-refractivity contribution is 5.80. The van der Waals surface area contributed by atoms with Crippen LogP contribution in [-0.2, 0) is 6.42 Å². The van der Waals surface area contributed by atoms with Gasteiger partial charge in [0, 0.05) is 11.4 Å². The zero-order valence-electron chi connectivity index (χ0n) is 13.4. The van der Waals surface area contributed by atoms with E-state index in [1.807, 2.05) is 26.8 Å². The van der Waals surface area contributed by atoms with Crippen molar-refractivity contribution in [1.82, 2.24) is 0 Å². The SMILES string of the molecule is CC/C(N=C(C)C)=C(\C)CCCc1cc(F)ccc1C. The van der Waals surface area contributed by atoms with Gasteiger partial charge in [-0.05, 0) is 76.6 Å². The Morgan fingerprint density at radius 2 is 1.90 bits per heavy atom. The summed E-state index contributed by atoms with van der Waals surface area (Å²) in [7, 11) is 0. The molecular weight excluding hydrogens is 249 g/mol. The summed E-state index contributed by atoms with van der Waals surface area (Å²) >= 11 is 0. The van der Waals surface area contributed by atoms with Gasteiger partial charge in [0.05, 0.1) is 0 Å². The molecule has 1 rings (SSSR count). The number of allylic oxidation sites excluding steroid dienone is 2. The van der Waals surface area contributed by atoms with Crippen LogP contribution in [0.1, 0.15) is 58.1 Å². The zero-order valence-corrected chi connectivity index (χ0v) is 13.4. The van der Waals surface area contributed by atoms with E-state index in [-0.39, 0.29) is 5.82 Å². The Hall–Kier alpha value is -1.44. The van der Waals surface area contributed by atoms with Crippen LogP contribution in [0.15, 0.2) is 34.5 Å². The van der Waals surface area contributed by atoms with Crippen molar-refractivity contribution in [2.24, 2.45) is 4.99 Å². The molecule has 0 saturated carbocycles. The maximum atomic E-state index is 13.2. The molecule has 0 atom stereocenters. The number of hydrogen-bond acceptors (Lipinski definition) is 1.